The van der Waals surface area contributed by atoms with E-state index in [2.05, 4.69) is 20.3 Å². The van der Waals surface area contributed by atoms with Gasteiger partial charge in [0, 0.05) is 31.6 Å². The molecule has 0 fully saturated rings. The second-order valence-electron chi connectivity index (χ2n) is 5.07. The molecule has 0 bridgehead atoms. The number of pyridine rings is 1. The Kier molecular flexibility index (Phi) is 6.71. The highest BCUT2D eigenvalue weighted by Crippen LogP contribution is 2.12. The van der Waals surface area contributed by atoms with Gasteiger partial charge in [0.05, 0.1) is 11.4 Å². The molecule has 0 atom stereocenters. The SMILES string of the molecule is C/C=N\C(=N/C)C(=N)/C=C(\NCc1ccccc1F)c1ccccn1. The van der Waals surface area contributed by atoms with Gasteiger partial charge in [0.2, 0.25) is 0 Å². The first kappa shape index (κ1) is 18.2. The van der Waals surface area contributed by atoms with E-state index in [1.54, 1.807) is 50.7 Å². The van der Waals surface area contributed by atoms with Crippen LogP contribution in [0.15, 0.2) is 64.7 Å². The number of benzene rings is 1. The van der Waals surface area contributed by atoms with Crippen LogP contribution in [-0.2, 0) is 6.54 Å². The molecule has 5 nitrogen and oxygen atoms in total. The van der Waals surface area contributed by atoms with Gasteiger partial charge in [0.15, 0.2) is 5.84 Å². The Hall–Kier alpha value is -3.15. The van der Waals surface area contributed by atoms with Crippen molar-refractivity contribution >= 4 is 23.5 Å². The Balaban J connectivity index is 2.29. The van der Waals surface area contributed by atoms with Gasteiger partial charge in [-0.25, -0.2) is 9.38 Å². The van der Waals surface area contributed by atoms with E-state index in [0.717, 1.165) is 0 Å². The third-order valence-corrected chi connectivity index (χ3v) is 3.36. The molecule has 0 aliphatic heterocycles. The standard InChI is InChI=1S/C19H20FN5/c1-3-23-19(22-2)16(21)12-18(17-10-6-7-11-24-17)25-13-14-8-4-5-9-15(14)20/h3-12,21,25H,13H2,1-2H3/b18-12-,21-16?,22-19-,23-3-. The number of aromatic nitrogens is 1. The minimum atomic E-state index is -0.281. The largest absolute Gasteiger partial charge is 0.379 e. The van der Waals surface area contributed by atoms with Crippen LogP contribution in [-0.4, -0.2) is 29.8 Å². The molecule has 6 heteroatoms. The lowest BCUT2D eigenvalue weighted by Crippen LogP contribution is -2.17. The van der Waals surface area contributed by atoms with Crippen LogP contribution in [0.1, 0.15) is 18.2 Å². The second kappa shape index (κ2) is 9.22. The van der Waals surface area contributed by atoms with E-state index in [0.29, 0.717) is 22.8 Å². The molecule has 0 radical (unpaired) electrons. The molecule has 0 aliphatic carbocycles. The van der Waals surface area contributed by atoms with Crippen LogP contribution in [0.2, 0.25) is 0 Å². The second-order valence-corrected chi connectivity index (χ2v) is 5.07. The first-order chi connectivity index (χ1) is 12.2. The summed E-state index contributed by atoms with van der Waals surface area (Å²) < 4.78 is 13.8. The molecule has 0 unspecified atom stereocenters. The van der Waals surface area contributed by atoms with Crippen LogP contribution < -0.4 is 5.32 Å². The van der Waals surface area contributed by atoms with E-state index in [9.17, 15) is 4.39 Å². The van der Waals surface area contributed by atoms with E-state index in [4.69, 9.17) is 5.41 Å². The number of aliphatic imine (C=N–C) groups is 2. The molecule has 0 saturated carbocycles. The fraction of sp³-hybridized carbons (Fsp3) is 0.158. The highest BCUT2D eigenvalue weighted by Gasteiger charge is 2.09. The summed E-state index contributed by atoms with van der Waals surface area (Å²) in [4.78, 5) is 12.4. The topological polar surface area (TPSA) is 73.5 Å². The summed E-state index contributed by atoms with van der Waals surface area (Å²) in [5.74, 6) is 0.0282. The van der Waals surface area contributed by atoms with Crippen molar-refractivity contribution in [3.63, 3.8) is 0 Å². The number of hydrogen-bond acceptors (Lipinski definition) is 4. The number of nitrogens with one attached hydrogen (secondary N) is 2. The molecule has 1 aromatic carbocycles. The Morgan fingerprint density at radius 2 is 2.00 bits per heavy atom. The molecule has 2 rings (SSSR count). The van der Waals surface area contributed by atoms with Gasteiger partial charge in [-0.2, -0.15) is 0 Å². The van der Waals surface area contributed by atoms with Crippen LogP contribution >= 0.6 is 0 Å². The van der Waals surface area contributed by atoms with Gasteiger partial charge in [-0.3, -0.25) is 15.4 Å². The zero-order chi connectivity index (χ0) is 18.1. The number of nitrogens with zero attached hydrogens (tertiary/aromatic N) is 3. The summed E-state index contributed by atoms with van der Waals surface area (Å²) >= 11 is 0. The summed E-state index contributed by atoms with van der Waals surface area (Å²) in [5, 5.41) is 11.3. The summed E-state index contributed by atoms with van der Waals surface area (Å²) in [6, 6.07) is 12.0. The van der Waals surface area contributed by atoms with Crippen molar-refractivity contribution in [3.05, 3.63) is 71.8 Å². The van der Waals surface area contributed by atoms with Gasteiger partial charge in [-0.15, -0.1) is 0 Å². The average molecular weight is 337 g/mol. The minimum absolute atomic E-state index is 0.141. The van der Waals surface area contributed by atoms with Crippen LogP contribution in [0, 0.1) is 11.2 Å². The minimum Gasteiger partial charge on any atom is -0.379 e. The molecule has 2 N–H and O–H groups in total. The molecular weight excluding hydrogens is 317 g/mol. The van der Waals surface area contributed by atoms with Gasteiger partial charge >= 0.3 is 0 Å². The predicted octanol–water partition coefficient (Wildman–Crippen LogP) is 3.49. The molecule has 1 heterocycles. The zero-order valence-electron chi connectivity index (χ0n) is 14.2. The lowest BCUT2D eigenvalue weighted by molar-refractivity contribution is 0.605. The van der Waals surface area contributed by atoms with Crippen molar-refractivity contribution in [2.24, 2.45) is 9.98 Å². The lowest BCUT2D eigenvalue weighted by Gasteiger charge is -2.12. The van der Waals surface area contributed by atoms with Crippen LogP contribution in [0.5, 0.6) is 0 Å². The molecule has 0 aliphatic rings. The molecular formula is C19H20FN5. The van der Waals surface area contributed by atoms with E-state index >= 15 is 0 Å². The Morgan fingerprint density at radius 3 is 2.64 bits per heavy atom. The molecule has 128 valence electrons. The van der Waals surface area contributed by atoms with E-state index in [1.165, 1.54) is 6.07 Å². The van der Waals surface area contributed by atoms with Crippen LogP contribution in [0.25, 0.3) is 5.70 Å². The molecule has 1 aromatic heterocycles. The highest BCUT2D eigenvalue weighted by molar-refractivity contribution is 6.46. The van der Waals surface area contributed by atoms with Crippen molar-refractivity contribution < 1.29 is 4.39 Å². The molecule has 0 saturated heterocycles. The first-order valence-corrected chi connectivity index (χ1v) is 7.80. The Labute approximate surface area is 146 Å². The summed E-state index contributed by atoms with van der Waals surface area (Å²) in [6.07, 6.45) is 4.84. The lowest BCUT2D eigenvalue weighted by atomic mass is 10.1. The first-order valence-electron chi connectivity index (χ1n) is 7.80. The monoisotopic (exact) mass is 337 g/mol. The Bertz CT molecular complexity index is 810. The third-order valence-electron chi connectivity index (χ3n) is 3.36. The number of amidine groups is 1. The number of hydrogen-bond donors (Lipinski definition) is 2. The summed E-state index contributed by atoms with van der Waals surface area (Å²) in [5.41, 5.74) is 1.93. The third kappa shape index (κ3) is 5.17. The number of halogens is 1. The molecule has 0 spiro atoms. The van der Waals surface area contributed by atoms with Crippen molar-refractivity contribution in [1.29, 1.82) is 5.41 Å². The van der Waals surface area contributed by atoms with Crippen LogP contribution in [0.3, 0.4) is 0 Å². The van der Waals surface area contributed by atoms with Crippen molar-refractivity contribution in [2.75, 3.05) is 7.05 Å². The maximum Gasteiger partial charge on any atom is 0.172 e. The van der Waals surface area contributed by atoms with E-state index in [-0.39, 0.29) is 18.1 Å². The van der Waals surface area contributed by atoms with E-state index < -0.39 is 0 Å². The zero-order valence-corrected chi connectivity index (χ0v) is 14.2. The predicted molar refractivity (Wildman–Crippen MR) is 101 cm³/mol. The van der Waals surface area contributed by atoms with Crippen molar-refractivity contribution in [2.45, 2.75) is 13.5 Å². The van der Waals surface area contributed by atoms with Crippen molar-refractivity contribution in [3.8, 4) is 0 Å². The fourth-order valence-electron chi connectivity index (χ4n) is 2.15. The summed E-state index contributed by atoms with van der Waals surface area (Å²) in [7, 11) is 1.58. The quantitative estimate of drug-likeness (QED) is 0.625. The smallest absolute Gasteiger partial charge is 0.172 e. The molecule has 25 heavy (non-hydrogen) atoms. The highest BCUT2D eigenvalue weighted by atomic mass is 19.1. The maximum atomic E-state index is 13.8. The van der Waals surface area contributed by atoms with Crippen LogP contribution in [0.4, 0.5) is 4.39 Å². The van der Waals surface area contributed by atoms with Gasteiger partial charge in [0.1, 0.15) is 11.5 Å². The van der Waals surface area contributed by atoms with Gasteiger partial charge in [-0.1, -0.05) is 24.3 Å². The van der Waals surface area contributed by atoms with Gasteiger partial charge in [0.25, 0.3) is 0 Å². The maximum absolute atomic E-state index is 13.8. The normalized spacial score (nSPS) is 12.4. The fourth-order valence-corrected chi connectivity index (χ4v) is 2.15. The van der Waals surface area contributed by atoms with Gasteiger partial charge in [-0.05, 0) is 31.2 Å². The Morgan fingerprint density at radius 1 is 1.24 bits per heavy atom. The molecule has 0 amide bonds. The van der Waals surface area contributed by atoms with E-state index in [1.807, 2.05) is 18.2 Å². The van der Waals surface area contributed by atoms with Gasteiger partial charge < -0.3 is 5.32 Å². The molecule has 2 aromatic rings. The number of rotatable bonds is 6. The summed E-state index contributed by atoms with van der Waals surface area (Å²) in [6.45, 7) is 2.04. The van der Waals surface area contributed by atoms with Crippen molar-refractivity contribution in [1.82, 2.24) is 10.3 Å². The average Bonchev–Trinajstić information content (AvgIpc) is 2.64.